The van der Waals surface area contributed by atoms with Gasteiger partial charge in [-0.05, 0) is 0 Å². The maximum Gasteiger partial charge on any atom is 0.503 e. The normalized spacial score (nSPS) is 6.80. The number of rotatable bonds is 0. The molecule has 0 aliphatic rings. The van der Waals surface area contributed by atoms with E-state index < -0.39 is 20.4 Å². The average Bonchev–Trinajstić information content (AvgIpc) is 0.811. The first-order valence-electron chi connectivity index (χ1n) is 0.451. The third-order valence-corrected chi connectivity index (χ3v) is 0. The van der Waals surface area contributed by atoms with Crippen LogP contribution in [0.4, 0.5) is 2.86 Å². The van der Waals surface area contributed by atoms with Crippen LogP contribution in [0.3, 0.4) is 0 Å². The summed E-state index contributed by atoms with van der Waals surface area (Å²) in [5, 5.41) is 0. The largest absolute Gasteiger partial charge is 0.503 e. The van der Waals surface area contributed by atoms with Crippen molar-refractivity contribution in [2.75, 3.05) is 0 Å². The van der Waals surface area contributed by atoms with E-state index in [2.05, 4.69) is 0 Å². The number of hydrogen-bond acceptors (Lipinski definition) is 2. The van der Waals surface area contributed by atoms with Gasteiger partial charge in [0, 0.05) is 51.4 Å². The Morgan fingerprint density at radius 1 is 1.40 bits per heavy atom. The van der Waals surface area contributed by atoms with Crippen molar-refractivity contribution >= 4 is 71.8 Å². The van der Waals surface area contributed by atoms with Crippen molar-refractivity contribution in [3.8, 4) is 0 Å². The molecule has 0 unspecified atom stereocenters. The van der Waals surface area contributed by atoms with E-state index in [9.17, 15) is 2.86 Å². The molecule has 0 spiro atoms. The van der Waals surface area contributed by atoms with E-state index in [4.69, 9.17) is 6.14 Å². The molecule has 0 saturated carbocycles. The van der Waals surface area contributed by atoms with E-state index in [1.54, 1.807) is 0 Å². The van der Waals surface area contributed by atoms with Gasteiger partial charge in [-0.1, -0.05) is 0 Å². The minimum atomic E-state index is -4.26. The van der Waals surface area contributed by atoms with Crippen molar-refractivity contribution in [3.63, 3.8) is 0 Å². The van der Waals surface area contributed by atoms with E-state index in [0.29, 0.717) is 0 Å². The molecule has 5 heavy (non-hydrogen) atoms. The first kappa shape index (κ1) is 10.0. The zero-order chi connectivity index (χ0) is 3.58. The summed E-state index contributed by atoms with van der Waals surface area (Å²) in [6, 6.07) is 0. The van der Waals surface area contributed by atoms with Crippen molar-refractivity contribution in [1.82, 2.24) is 0 Å². The van der Waals surface area contributed by atoms with Crippen LogP contribution < -0.4 is 0 Å². The molecule has 0 aliphatic carbocycles. The maximum atomic E-state index is 10.0. The Labute approximate surface area is 78.9 Å². The predicted molar refractivity (Wildman–Crippen MR) is 22.3 cm³/mol. The van der Waals surface area contributed by atoms with Crippen molar-refractivity contribution in [3.05, 3.63) is 0 Å². The van der Waals surface area contributed by atoms with Crippen molar-refractivity contribution < 1.29 is 9.00 Å². The van der Waals surface area contributed by atoms with Crippen LogP contribution in [0, 0.1) is 0 Å². The van der Waals surface area contributed by atoms with Crippen LogP contribution in [0.25, 0.3) is 0 Å². The Bertz CT molecular complexity index is 58.0. The van der Waals surface area contributed by atoms with Crippen LogP contribution in [-0.2, 0) is 6.14 Å². The van der Waals surface area contributed by atoms with Gasteiger partial charge in [0.25, 0.3) is 0 Å². The third kappa shape index (κ3) is 24.9. The summed E-state index contributed by atoms with van der Waals surface area (Å²) in [5.41, 5.74) is 0. The third-order valence-electron chi connectivity index (χ3n) is 0. The summed E-state index contributed by atoms with van der Waals surface area (Å²) < 4.78 is 27.0. The molecule has 27 valence electrons. The van der Waals surface area contributed by atoms with Gasteiger partial charge in [-0.25, -0.2) is 0 Å². The summed E-state index contributed by atoms with van der Waals surface area (Å²) >= 11 is -4.26. The second-order valence-electron chi connectivity index (χ2n) is 0.180. The van der Waals surface area contributed by atoms with Gasteiger partial charge in [-0.2, -0.15) is 6.14 Å². The van der Waals surface area contributed by atoms with E-state index in [0.717, 1.165) is 0 Å². The van der Waals surface area contributed by atoms with E-state index >= 15 is 0 Å². The van der Waals surface area contributed by atoms with Gasteiger partial charge in [0.15, 0.2) is 0 Å². The molecule has 1 radical (unpaired) electrons. The van der Waals surface area contributed by atoms with E-state index in [1.165, 1.54) is 0 Å². The fourth-order valence-corrected chi connectivity index (χ4v) is 0. The van der Waals surface area contributed by atoms with Crippen molar-refractivity contribution in [2.45, 2.75) is 0 Å². The Balaban J connectivity index is 0. The van der Waals surface area contributed by atoms with E-state index in [-0.39, 0.29) is 51.4 Å². The molecule has 0 fully saturated rings. The van der Waals surface area contributed by atoms with Gasteiger partial charge in [-0.15, -0.1) is 2.86 Å². The van der Waals surface area contributed by atoms with Crippen LogP contribution in [-0.4, -0.2) is 51.4 Å². The zero-order valence-corrected chi connectivity index (χ0v) is 7.85. The molecule has 2 nitrogen and oxygen atoms in total. The average molecular weight is 217 g/mol. The van der Waals surface area contributed by atoms with Gasteiger partial charge in [-0.3, -0.25) is 0 Å². The Morgan fingerprint density at radius 2 is 1.40 bits per heavy atom. The quantitative estimate of drug-likeness (QED) is 0.441. The minimum absolute atomic E-state index is 0. The summed E-state index contributed by atoms with van der Waals surface area (Å²) in [6.07, 6.45) is 0. The molecule has 0 saturated heterocycles. The summed E-state index contributed by atoms with van der Waals surface area (Å²) in [5.74, 6) is 0. The van der Waals surface area contributed by atoms with Crippen molar-refractivity contribution in [2.24, 2.45) is 0 Å². The Morgan fingerprint density at radius 3 is 1.40 bits per heavy atom. The van der Waals surface area contributed by atoms with Crippen LogP contribution in [0.15, 0.2) is 0 Å². The molecule has 0 bridgehead atoms. The molecule has 0 aromatic rings. The molecule has 0 N–H and O–H groups in total. The smallest absolute Gasteiger partial charge is 0.197 e. The molecule has 0 aliphatic heterocycles. The molecule has 0 heterocycles. The van der Waals surface area contributed by atoms with Crippen molar-refractivity contribution in [1.29, 1.82) is 0 Å². The fourth-order valence-electron chi connectivity index (χ4n) is 0. The molecule has 0 atom stereocenters. The second kappa shape index (κ2) is 5.90. The monoisotopic (exact) mass is 217 g/mol. The summed E-state index contributed by atoms with van der Waals surface area (Å²) in [4.78, 5) is 0. The van der Waals surface area contributed by atoms with Crippen LogP contribution in [0.1, 0.15) is 0 Å². The van der Waals surface area contributed by atoms with Crippen LogP contribution in [0.2, 0.25) is 0 Å². The van der Waals surface area contributed by atoms with E-state index in [1.807, 2.05) is 0 Å². The molecular weight excluding hydrogens is 217 g/mol. The topological polar surface area (TPSA) is 34.1 Å². The predicted octanol–water partition coefficient (Wildman–Crippen LogP) is 0.688. The number of hydrogen-bond donors (Lipinski definition) is 0. The Kier molecular flexibility index (Phi) is 11.8. The van der Waals surface area contributed by atoms with Gasteiger partial charge in [0.05, 0.1) is 0 Å². The summed E-state index contributed by atoms with van der Waals surface area (Å²) in [7, 11) is 0. The summed E-state index contributed by atoms with van der Waals surface area (Å²) in [6.45, 7) is 0. The standard InChI is InChI=1S/FIO2.K/c1-2(3)4;. The first-order valence-corrected chi connectivity index (χ1v) is 3.03. The zero-order valence-electron chi connectivity index (χ0n) is 2.57. The van der Waals surface area contributed by atoms with Gasteiger partial charge in [0.1, 0.15) is 0 Å². The fraction of sp³-hybridized carbons (Fsp3) is 0. The molecular formula is FIKO2. The molecule has 0 aromatic heterocycles. The molecule has 0 rings (SSSR count). The van der Waals surface area contributed by atoms with Gasteiger partial charge < -0.3 is 0 Å². The number of halogens is 2. The maximum absolute atomic E-state index is 10.0. The Hall–Kier alpha value is 1.90. The minimum Gasteiger partial charge on any atom is -0.197 e. The van der Waals surface area contributed by atoms with Crippen LogP contribution >= 0.6 is 20.4 Å². The molecule has 5 heteroatoms. The molecule has 0 aromatic carbocycles. The first-order chi connectivity index (χ1) is 1.73. The van der Waals surface area contributed by atoms with Gasteiger partial charge in [0.2, 0.25) is 0 Å². The molecule has 0 amide bonds. The van der Waals surface area contributed by atoms with Gasteiger partial charge >= 0.3 is 20.4 Å². The second-order valence-corrected chi connectivity index (χ2v) is 1.21. The SMILES string of the molecule is O=I(=O)F.[K]. The van der Waals surface area contributed by atoms with Crippen LogP contribution in [0.5, 0.6) is 0 Å².